The van der Waals surface area contributed by atoms with Crippen molar-refractivity contribution in [1.29, 1.82) is 0 Å². The molecule has 1 atom stereocenters. The molecule has 0 fully saturated rings. The number of carbonyl (C=O) groups excluding carboxylic acids is 2. The Balaban J connectivity index is 2.20. The highest BCUT2D eigenvalue weighted by Crippen LogP contribution is 2.22. The topological polar surface area (TPSA) is 86.8 Å². The molecule has 1 N–H and O–H groups in total. The summed E-state index contributed by atoms with van der Waals surface area (Å²) in [6.07, 6.45) is 1.64. The molecule has 0 aromatic heterocycles. The van der Waals surface area contributed by atoms with E-state index in [2.05, 4.69) is 5.32 Å². The molecule has 0 radical (unpaired) electrons. The second-order valence-corrected chi connectivity index (χ2v) is 12.0. The molecule has 36 heavy (non-hydrogen) atoms. The third-order valence-corrected chi connectivity index (χ3v) is 7.29. The summed E-state index contributed by atoms with van der Waals surface area (Å²) in [6, 6.07) is 12.8. The standard InChI is InChI=1S/C28H41N3O4S/c1-20(2)18-29-28(33)24(6)30(19-25-12-9-8-11-23(25)5)27(32)13-10-14-31(36(7,34)35)26-16-21(3)15-22(4)17-26/h8-9,11-12,15-17,20,24H,10,13-14,18-19H2,1-7H3,(H,29,33)/t24-/m0/s1. The van der Waals surface area contributed by atoms with Crippen molar-refractivity contribution in [1.82, 2.24) is 10.2 Å². The van der Waals surface area contributed by atoms with Gasteiger partial charge in [-0.1, -0.05) is 44.2 Å². The molecule has 198 valence electrons. The van der Waals surface area contributed by atoms with Crippen LogP contribution >= 0.6 is 0 Å². The monoisotopic (exact) mass is 515 g/mol. The molecule has 2 aromatic rings. The van der Waals surface area contributed by atoms with E-state index in [-0.39, 0.29) is 24.8 Å². The van der Waals surface area contributed by atoms with Gasteiger partial charge in [-0.15, -0.1) is 0 Å². The highest BCUT2D eigenvalue weighted by molar-refractivity contribution is 7.92. The van der Waals surface area contributed by atoms with Crippen LogP contribution in [0.3, 0.4) is 0 Å². The molecule has 0 aliphatic carbocycles. The van der Waals surface area contributed by atoms with E-state index >= 15 is 0 Å². The minimum absolute atomic E-state index is 0.129. The third kappa shape index (κ3) is 8.66. The fourth-order valence-corrected chi connectivity index (χ4v) is 5.05. The largest absolute Gasteiger partial charge is 0.354 e. The first kappa shape index (κ1) is 29.4. The van der Waals surface area contributed by atoms with Crippen LogP contribution in [0.5, 0.6) is 0 Å². The highest BCUT2D eigenvalue weighted by Gasteiger charge is 2.27. The van der Waals surface area contributed by atoms with Gasteiger partial charge in [0.2, 0.25) is 21.8 Å². The lowest BCUT2D eigenvalue weighted by Crippen LogP contribution is -2.48. The number of nitrogens with zero attached hydrogens (tertiary/aromatic N) is 2. The van der Waals surface area contributed by atoms with E-state index in [1.807, 2.05) is 77.1 Å². The van der Waals surface area contributed by atoms with Crippen LogP contribution in [0.2, 0.25) is 0 Å². The molecule has 0 aliphatic heterocycles. The zero-order chi connectivity index (χ0) is 27.0. The number of hydrogen-bond acceptors (Lipinski definition) is 4. The van der Waals surface area contributed by atoms with Crippen molar-refractivity contribution in [2.75, 3.05) is 23.7 Å². The molecule has 0 saturated carbocycles. The van der Waals surface area contributed by atoms with Crippen LogP contribution in [0.1, 0.15) is 55.9 Å². The normalized spacial score (nSPS) is 12.3. The van der Waals surface area contributed by atoms with Gasteiger partial charge in [-0.05, 0) is 74.4 Å². The quantitative estimate of drug-likeness (QED) is 0.455. The fraction of sp³-hybridized carbons (Fsp3) is 0.500. The molecule has 2 rings (SSSR count). The molecule has 7 nitrogen and oxygen atoms in total. The smallest absolute Gasteiger partial charge is 0.242 e. The van der Waals surface area contributed by atoms with E-state index in [4.69, 9.17) is 0 Å². The lowest BCUT2D eigenvalue weighted by atomic mass is 10.1. The van der Waals surface area contributed by atoms with Crippen molar-refractivity contribution in [2.24, 2.45) is 5.92 Å². The molecule has 0 aliphatic rings. The van der Waals surface area contributed by atoms with Gasteiger partial charge in [-0.25, -0.2) is 8.42 Å². The van der Waals surface area contributed by atoms with Crippen molar-refractivity contribution in [2.45, 2.75) is 67.0 Å². The molecular formula is C28H41N3O4S. The number of benzene rings is 2. The number of sulfonamides is 1. The van der Waals surface area contributed by atoms with E-state index in [0.29, 0.717) is 31.1 Å². The van der Waals surface area contributed by atoms with E-state index < -0.39 is 16.1 Å². The summed E-state index contributed by atoms with van der Waals surface area (Å²) >= 11 is 0. The van der Waals surface area contributed by atoms with Crippen LogP contribution < -0.4 is 9.62 Å². The van der Waals surface area contributed by atoms with Gasteiger partial charge in [0, 0.05) is 26.1 Å². The highest BCUT2D eigenvalue weighted by atomic mass is 32.2. The maximum absolute atomic E-state index is 13.4. The summed E-state index contributed by atoms with van der Waals surface area (Å²) in [5.74, 6) is -0.0770. The average molecular weight is 516 g/mol. The molecular weight excluding hydrogens is 474 g/mol. The van der Waals surface area contributed by atoms with Crippen LogP contribution in [0.15, 0.2) is 42.5 Å². The Bertz CT molecular complexity index is 1140. The number of hydrogen-bond donors (Lipinski definition) is 1. The first-order chi connectivity index (χ1) is 16.8. The van der Waals surface area contributed by atoms with Gasteiger partial charge in [0.05, 0.1) is 11.9 Å². The Morgan fingerprint density at radius 1 is 0.972 bits per heavy atom. The minimum atomic E-state index is -3.52. The predicted molar refractivity (Wildman–Crippen MR) is 146 cm³/mol. The summed E-state index contributed by atoms with van der Waals surface area (Å²) in [6.45, 7) is 12.6. The Morgan fingerprint density at radius 3 is 2.14 bits per heavy atom. The molecule has 0 spiro atoms. The van der Waals surface area contributed by atoms with Gasteiger partial charge in [0.1, 0.15) is 6.04 Å². The number of carbonyl (C=O) groups is 2. The van der Waals surface area contributed by atoms with Gasteiger partial charge in [0.15, 0.2) is 0 Å². The molecule has 0 bridgehead atoms. The van der Waals surface area contributed by atoms with E-state index in [9.17, 15) is 18.0 Å². The zero-order valence-electron chi connectivity index (χ0n) is 22.7. The number of aryl methyl sites for hydroxylation is 3. The second-order valence-electron chi connectivity index (χ2n) is 10.0. The molecule has 2 amide bonds. The third-order valence-electron chi connectivity index (χ3n) is 6.10. The fourth-order valence-electron chi connectivity index (χ4n) is 4.10. The van der Waals surface area contributed by atoms with Crippen molar-refractivity contribution in [3.05, 3.63) is 64.7 Å². The molecule has 2 aromatic carbocycles. The summed E-state index contributed by atoms with van der Waals surface area (Å²) in [7, 11) is -3.52. The van der Waals surface area contributed by atoms with Crippen LogP contribution in [-0.2, 0) is 26.2 Å². The van der Waals surface area contributed by atoms with Gasteiger partial charge in [0.25, 0.3) is 0 Å². The number of nitrogens with one attached hydrogen (secondary N) is 1. The SMILES string of the molecule is Cc1cc(C)cc(N(CCCC(=O)N(Cc2ccccc2C)[C@@H](C)C(=O)NCC(C)C)S(C)(=O)=O)c1. The summed E-state index contributed by atoms with van der Waals surface area (Å²) in [5.41, 5.74) is 4.56. The van der Waals surface area contributed by atoms with Gasteiger partial charge < -0.3 is 10.2 Å². The summed E-state index contributed by atoms with van der Waals surface area (Å²) in [5, 5.41) is 2.92. The van der Waals surface area contributed by atoms with Crippen molar-refractivity contribution in [3.8, 4) is 0 Å². The first-order valence-electron chi connectivity index (χ1n) is 12.5. The van der Waals surface area contributed by atoms with E-state index in [1.54, 1.807) is 11.8 Å². The van der Waals surface area contributed by atoms with Crippen LogP contribution in [0, 0.1) is 26.7 Å². The number of amides is 2. The maximum atomic E-state index is 13.4. The van der Waals surface area contributed by atoms with Gasteiger partial charge in [-0.3, -0.25) is 13.9 Å². The van der Waals surface area contributed by atoms with Gasteiger partial charge in [-0.2, -0.15) is 0 Å². The molecule has 0 saturated heterocycles. The Hall–Kier alpha value is -2.87. The first-order valence-corrected chi connectivity index (χ1v) is 14.3. The lowest BCUT2D eigenvalue weighted by molar-refractivity contribution is -0.140. The Kier molecular flexibility index (Phi) is 10.5. The molecule has 8 heteroatoms. The van der Waals surface area contributed by atoms with Crippen LogP contribution in [0.4, 0.5) is 5.69 Å². The zero-order valence-corrected chi connectivity index (χ0v) is 23.5. The van der Waals surface area contributed by atoms with Crippen molar-refractivity contribution >= 4 is 27.5 Å². The Morgan fingerprint density at radius 2 is 1.58 bits per heavy atom. The Labute approximate surface area is 216 Å². The maximum Gasteiger partial charge on any atom is 0.242 e. The summed E-state index contributed by atoms with van der Waals surface area (Å²) < 4.78 is 26.4. The van der Waals surface area contributed by atoms with Crippen molar-refractivity contribution < 1.29 is 18.0 Å². The van der Waals surface area contributed by atoms with Crippen molar-refractivity contribution in [3.63, 3.8) is 0 Å². The average Bonchev–Trinajstić information content (AvgIpc) is 2.77. The minimum Gasteiger partial charge on any atom is -0.354 e. The molecule has 0 heterocycles. The van der Waals surface area contributed by atoms with E-state index in [0.717, 1.165) is 22.3 Å². The predicted octanol–water partition coefficient (Wildman–Crippen LogP) is 4.35. The molecule has 0 unspecified atom stereocenters. The van der Waals surface area contributed by atoms with Crippen LogP contribution in [-0.4, -0.2) is 50.5 Å². The number of rotatable bonds is 12. The number of anilines is 1. The summed E-state index contributed by atoms with van der Waals surface area (Å²) in [4.78, 5) is 27.8. The van der Waals surface area contributed by atoms with Crippen LogP contribution in [0.25, 0.3) is 0 Å². The second kappa shape index (κ2) is 12.9. The lowest BCUT2D eigenvalue weighted by Gasteiger charge is -2.30. The van der Waals surface area contributed by atoms with Gasteiger partial charge >= 0.3 is 0 Å². The van der Waals surface area contributed by atoms with E-state index in [1.165, 1.54) is 10.6 Å².